The fraction of sp³-hybridized carbons (Fsp3) is 0.111. The van der Waals surface area contributed by atoms with Gasteiger partial charge >= 0.3 is 6.18 Å². The van der Waals surface area contributed by atoms with Gasteiger partial charge < -0.3 is 5.73 Å². The number of nitrogen functional groups attached to an aromatic ring is 1. The van der Waals surface area contributed by atoms with Crippen molar-refractivity contribution in [3.05, 3.63) is 65.2 Å². The highest BCUT2D eigenvalue weighted by Crippen LogP contribution is 2.34. The first kappa shape index (κ1) is 16.6. The van der Waals surface area contributed by atoms with E-state index in [0.717, 1.165) is 17.7 Å². The highest BCUT2D eigenvalue weighted by molar-refractivity contribution is 5.74. The molecule has 0 aliphatic heterocycles. The van der Waals surface area contributed by atoms with Gasteiger partial charge in [-0.3, -0.25) is 0 Å². The van der Waals surface area contributed by atoms with E-state index in [-0.39, 0.29) is 22.6 Å². The number of nitrogens with two attached hydrogens (primary N) is 1. The van der Waals surface area contributed by atoms with E-state index in [1.165, 1.54) is 16.8 Å². The van der Waals surface area contributed by atoms with Crippen LogP contribution in [0.15, 0.2) is 48.5 Å². The van der Waals surface area contributed by atoms with E-state index in [9.17, 15) is 18.4 Å². The molecule has 1 aromatic heterocycles. The predicted octanol–water partition coefficient (Wildman–Crippen LogP) is 4.32. The van der Waals surface area contributed by atoms with Gasteiger partial charge in [-0.05, 0) is 31.2 Å². The number of anilines is 1. The zero-order valence-electron chi connectivity index (χ0n) is 13.2. The van der Waals surface area contributed by atoms with E-state index in [4.69, 9.17) is 5.73 Å². The molecule has 0 unspecified atom stereocenters. The smallest absolute Gasteiger partial charge is 0.382 e. The van der Waals surface area contributed by atoms with Crippen molar-refractivity contribution in [3.8, 4) is 23.0 Å². The Morgan fingerprint density at radius 1 is 1.12 bits per heavy atom. The molecule has 3 rings (SSSR count). The average molecular weight is 342 g/mol. The molecule has 0 fully saturated rings. The highest BCUT2D eigenvalue weighted by Gasteiger charge is 2.31. The number of benzene rings is 2. The summed E-state index contributed by atoms with van der Waals surface area (Å²) in [4.78, 5) is 0. The Labute approximate surface area is 141 Å². The van der Waals surface area contributed by atoms with Gasteiger partial charge in [0.15, 0.2) is 0 Å². The number of aromatic nitrogens is 2. The summed E-state index contributed by atoms with van der Waals surface area (Å²) >= 11 is 0. The molecule has 0 aliphatic rings. The molecule has 0 radical (unpaired) electrons. The number of nitriles is 1. The van der Waals surface area contributed by atoms with E-state index < -0.39 is 11.7 Å². The zero-order valence-corrected chi connectivity index (χ0v) is 13.2. The molecule has 1 heterocycles. The number of rotatable bonds is 2. The van der Waals surface area contributed by atoms with Crippen molar-refractivity contribution < 1.29 is 13.2 Å². The number of aryl methyl sites for hydroxylation is 1. The van der Waals surface area contributed by atoms with Gasteiger partial charge in [0.1, 0.15) is 23.1 Å². The lowest BCUT2D eigenvalue weighted by atomic mass is 10.0. The molecule has 0 saturated carbocycles. The average Bonchev–Trinajstić information content (AvgIpc) is 2.91. The summed E-state index contributed by atoms with van der Waals surface area (Å²) in [6.45, 7) is 1.92. The third-order valence-electron chi connectivity index (χ3n) is 3.77. The van der Waals surface area contributed by atoms with Gasteiger partial charge in [-0.2, -0.15) is 23.5 Å². The number of halogens is 3. The third-order valence-corrected chi connectivity index (χ3v) is 3.77. The third kappa shape index (κ3) is 3.06. The van der Waals surface area contributed by atoms with Crippen LogP contribution >= 0.6 is 0 Å². The number of alkyl halides is 3. The minimum absolute atomic E-state index is 0.0416. The van der Waals surface area contributed by atoms with Crippen LogP contribution in [0.3, 0.4) is 0 Å². The number of nitrogens with zero attached hydrogens (tertiary/aromatic N) is 3. The van der Waals surface area contributed by atoms with Crippen molar-refractivity contribution >= 4 is 5.82 Å². The summed E-state index contributed by atoms with van der Waals surface area (Å²) < 4.78 is 40.2. The summed E-state index contributed by atoms with van der Waals surface area (Å²) in [5, 5.41) is 13.7. The zero-order chi connectivity index (χ0) is 18.2. The normalized spacial score (nSPS) is 11.3. The number of hydrogen-bond donors (Lipinski definition) is 1. The van der Waals surface area contributed by atoms with Gasteiger partial charge in [0, 0.05) is 5.56 Å². The molecule has 2 N–H and O–H groups in total. The molecule has 0 atom stereocenters. The Kier molecular flexibility index (Phi) is 3.97. The molecule has 4 nitrogen and oxygen atoms in total. The second-order valence-electron chi connectivity index (χ2n) is 5.55. The van der Waals surface area contributed by atoms with Gasteiger partial charge in [-0.15, -0.1) is 0 Å². The molecule has 0 bridgehead atoms. The first-order valence-corrected chi connectivity index (χ1v) is 7.34. The first-order chi connectivity index (χ1) is 11.8. The molecule has 3 aromatic rings. The van der Waals surface area contributed by atoms with Crippen LogP contribution in [0.2, 0.25) is 0 Å². The quantitative estimate of drug-likeness (QED) is 0.754. The maximum atomic E-state index is 12.9. The first-order valence-electron chi connectivity index (χ1n) is 7.34. The lowest BCUT2D eigenvalue weighted by molar-refractivity contribution is -0.137. The summed E-state index contributed by atoms with van der Waals surface area (Å²) in [5.41, 5.74) is 7.19. The van der Waals surface area contributed by atoms with Gasteiger partial charge in [-0.25, -0.2) is 4.68 Å². The maximum absolute atomic E-state index is 12.9. The van der Waals surface area contributed by atoms with Crippen molar-refractivity contribution in [1.82, 2.24) is 9.78 Å². The SMILES string of the molecule is Cc1ccc(-n2nc(-c3cccc(C(F)(F)F)c3)c(C#N)c2N)cc1. The lowest BCUT2D eigenvalue weighted by Crippen LogP contribution is -2.04. The van der Waals surface area contributed by atoms with Gasteiger partial charge in [0.05, 0.1) is 11.3 Å². The Morgan fingerprint density at radius 3 is 2.40 bits per heavy atom. The minimum Gasteiger partial charge on any atom is -0.382 e. The minimum atomic E-state index is -4.48. The Bertz CT molecular complexity index is 963. The fourth-order valence-corrected chi connectivity index (χ4v) is 2.47. The van der Waals surface area contributed by atoms with E-state index in [2.05, 4.69) is 5.10 Å². The van der Waals surface area contributed by atoms with Crippen LogP contribution in [-0.2, 0) is 6.18 Å². The monoisotopic (exact) mass is 342 g/mol. The van der Waals surface area contributed by atoms with Crippen LogP contribution in [-0.4, -0.2) is 9.78 Å². The van der Waals surface area contributed by atoms with Crippen LogP contribution < -0.4 is 5.73 Å². The molecule has 0 aliphatic carbocycles. The van der Waals surface area contributed by atoms with Crippen molar-refractivity contribution in [3.63, 3.8) is 0 Å². The fourth-order valence-electron chi connectivity index (χ4n) is 2.47. The Morgan fingerprint density at radius 2 is 1.80 bits per heavy atom. The molecule has 25 heavy (non-hydrogen) atoms. The van der Waals surface area contributed by atoms with Crippen LogP contribution in [0.25, 0.3) is 16.9 Å². The Hall–Kier alpha value is -3.27. The molecule has 0 saturated heterocycles. The van der Waals surface area contributed by atoms with Crippen molar-refractivity contribution in [2.24, 2.45) is 0 Å². The standard InChI is InChI=1S/C18H13F3N4/c1-11-5-7-14(8-6-11)25-17(23)15(10-22)16(24-25)12-3-2-4-13(9-12)18(19,20)21/h2-9H,23H2,1H3. The summed E-state index contributed by atoms with van der Waals surface area (Å²) in [7, 11) is 0. The van der Waals surface area contributed by atoms with Crippen LogP contribution in [0, 0.1) is 18.3 Å². The molecule has 2 aromatic carbocycles. The molecular formula is C18H13F3N4. The second-order valence-corrected chi connectivity index (χ2v) is 5.55. The summed E-state index contributed by atoms with van der Waals surface area (Å²) in [6.07, 6.45) is -4.48. The van der Waals surface area contributed by atoms with E-state index in [1.54, 1.807) is 12.1 Å². The van der Waals surface area contributed by atoms with E-state index in [1.807, 2.05) is 25.1 Å². The molecule has 126 valence electrons. The lowest BCUT2D eigenvalue weighted by Gasteiger charge is -2.07. The van der Waals surface area contributed by atoms with Crippen molar-refractivity contribution in [2.75, 3.05) is 5.73 Å². The molecular weight excluding hydrogens is 329 g/mol. The summed E-state index contributed by atoms with van der Waals surface area (Å²) in [5.74, 6) is 0.0822. The van der Waals surface area contributed by atoms with Gasteiger partial charge in [0.25, 0.3) is 0 Å². The van der Waals surface area contributed by atoms with Gasteiger partial charge in [-0.1, -0.05) is 29.8 Å². The molecule has 7 heteroatoms. The summed E-state index contributed by atoms with van der Waals surface area (Å²) in [6, 6.07) is 13.9. The topological polar surface area (TPSA) is 67.6 Å². The van der Waals surface area contributed by atoms with Crippen molar-refractivity contribution in [2.45, 2.75) is 13.1 Å². The Balaban J connectivity index is 2.17. The highest BCUT2D eigenvalue weighted by atomic mass is 19.4. The number of hydrogen-bond acceptors (Lipinski definition) is 3. The van der Waals surface area contributed by atoms with Crippen molar-refractivity contribution in [1.29, 1.82) is 5.26 Å². The molecule has 0 amide bonds. The van der Waals surface area contributed by atoms with Crippen LogP contribution in [0.1, 0.15) is 16.7 Å². The second kappa shape index (κ2) is 5.98. The largest absolute Gasteiger partial charge is 0.416 e. The van der Waals surface area contributed by atoms with Crippen LogP contribution in [0.4, 0.5) is 19.0 Å². The van der Waals surface area contributed by atoms with E-state index in [0.29, 0.717) is 5.69 Å². The van der Waals surface area contributed by atoms with Gasteiger partial charge in [0.2, 0.25) is 0 Å². The predicted molar refractivity (Wildman–Crippen MR) is 87.9 cm³/mol. The van der Waals surface area contributed by atoms with Crippen LogP contribution in [0.5, 0.6) is 0 Å². The maximum Gasteiger partial charge on any atom is 0.416 e. The molecule has 0 spiro atoms. The van der Waals surface area contributed by atoms with E-state index >= 15 is 0 Å².